The fourth-order valence-electron chi connectivity index (χ4n) is 2.67. The Hall–Kier alpha value is -0.950. The Balaban J connectivity index is 2.10. The maximum Gasteiger partial charge on any atom is 0.277 e. The summed E-state index contributed by atoms with van der Waals surface area (Å²) in [6.45, 7) is 4.06. The minimum absolute atomic E-state index is 0.393. The monoisotopic (exact) mass is 326 g/mol. The molecule has 0 spiro atoms. The molecule has 2 heterocycles. The first-order valence-corrected chi connectivity index (χ1v) is 7.00. The molecule has 1 saturated heterocycles. The van der Waals surface area contributed by atoms with Gasteiger partial charge in [0, 0.05) is 23.1 Å². The average Bonchev–Trinajstić information content (AvgIpc) is 2.66. The third-order valence-electron chi connectivity index (χ3n) is 3.63. The van der Waals surface area contributed by atoms with Gasteiger partial charge in [0.15, 0.2) is 0 Å². The summed E-state index contributed by atoms with van der Waals surface area (Å²) < 4.78 is 6.07. The highest BCUT2D eigenvalue weighted by molar-refractivity contribution is 9.10. The van der Waals surface area contributed by atoms with Gasteiger partial charge in [-0.15, -0.1) is 0 Å². The SMILES string of the molecule is Cc1cc(Br)c2c(c1)[C@@](O)(N1CCOCC1)C(=O)N2. The lowest BCUT2D eigenvalue weighted by Crippen LogP contribution is -2.55. The van der Waals surface area contributed by atoms with Crippen LogP contribution in [0.25, 0.3) is 0 Å². The second-order valence-electron chi connectivity index (χ2n) is 4.90. The third-order valence-corrected chi connectivity index (χ3v) is 4.26. The van der Waals surface area contributed by atoms with E-state index in [1.54, 1.807) is 4.90 Å². The van der Waals surface area contributed by atoms with Gasteiger partial charge < -0.3 is 15.2 Å². The number of amides is 1. The van der Waals surface area contributed by atoms with Crippen molar-refractivity contribution in [2.75, 3.05) is 31.6 Å². The number of halogens is 1. The van der Waals surface area contributed by atoms with Gasteiger partial charge in [-0.05, 0) is 40.5 Å². The Labute approximate surface area is 119 Å². The molecule has 1 aromatic carbocycles. The van der Waals surface area contributed by atoms with Crippen LogP contribution in [-0.2, 0) is 15.3 Å². The number of carbonyl (C=O) groups excluding carboxylic acids is 1. The molecule has 3 rings (SSSR count). The Morgan fingerprint density at radius 3 is 2.79 bits per heavy atom. The van der Waals surface area contributed by atoms with Gasteiger partial charge in [-0.2, -0.15) is 0 Å². The van der Waals surface area contributed by atoms with Crippen molar-refractivity contribution >= 4 is 27.5 Å². The van der Waals surface area contributed by atoms with Crippen molar-refractivity contribution in [1.82, 2.24) is 4.90 Å². The van der Waals surface area contributed by atoms with Gasteiger partial charge in [0.2, 0.25) is 5.72 Å². The number of anilines is 1. The van der Waals surface area contributed by atoms with Crippen molar-refractivity contribution in [1.29, 1.82) is 0 Å². The third kappa shape index (κ3) is 1.90. The van der Waals surface area contributed by atoms with Crippen LogP contribution in [0.5, 0.6) is 0 Å². The summed E-state index contributed by atoms with van der Waals surface area (Å²) in [5, 5.41) is 13.7. The standard InChI is InChI=1S/C13H15BrN2O3/c1-8-6-9-11(10(14)7-8)15-12(17)13(9,18)16-2-4-19-5-3-16/h6-7,18H,2-5H2,1H3,(H,15,17)/t13-/m0/s1. The summed E-state index contributed by atoms with van der Waals surface area (Å²) in [6.07, 6.45) is 0. The molecule has 1 amide bonds. The summed E-state index contributed by atoms with van der Waals surface area (Å²) in [6, 6.07) is 3.78. The van der Waals surface area contributed by atoms with Crippen molar-refractivity contribution in [2.45, 2.75) is 12.6 Å². The molecular formula is C13H15BrN2O3. The highest BCUT2D eigenvalue weighted by Crippen LogP contribution is 2.43. The Morgan fingerprint density at radius 2 is 2.11 bits per heavy atom. The number of aliphatic hydroxyl groups is 1. The number of benzene rings is 1. The number of carbonyl (C=O) groups is 1. The molecule has 6 heteroatoms. The second-order valence-corrected chi connectivity index (χ2v) is 5.75. The van der Waals surface area contributed by atoms with E-state index in [4.69, 9.17) is 4.74 Å². The van der Waals surface area contributed by atoms with Crippen molar-refractivity contribution < 1.29 is 14.6 Å². The molecule has 2 aliphatic heterocycles. The predicted molar refractivity (Wildman–Crippen MR) is 73.8 cm³/mol. The predicted octanol–water partition coefficient (Wildman–Crippen LogP) is 1.19. The largest absolute Gasteiger partial charge is 0.379 e. The zero-order chi connectivity index (χ0) is 13.6. The summed E-state index contributed by atoms with van der Waals surface area (Å²) in [7, 11) is 0. The van der Waals surface area contributed by atoms with Crippen LogP contribution in [0.4, 0.5) is 5.69 Å². The first kappa shape index (κ1) is 13.1. The van der Waals surface area contributed by atoms with E-state index in [2.05, 4.69) is 21.2 Å². The highest BCUT2D eigenvalue weighted by atomic mass is 79.9. The molecule has 0 unspecified atom stereocenters. The van der Waals surface area contributed by atoms with Crippen LogP contribution in [0.15, 0.2) is 16.6 Å². The number of fused-ring (bicyclic) bond motifs is 1. The fraction of sp³-hybridized carbons (Fsp3) is 0.462. The van der Waals surface area contributed by atoms with Crippen molar-refractivity contribution in [3.63, 3.8) is 0 Å². The van der Waals surface area contributed by atoms with Crippen molar-refractivity contribution in [2.24, 2.45) is 0 Å². The Kier molecular flexibility index (Phi) is 3.13. The van der Waals surface area contributed by atoms with Crippen LogP contribution >= 0.6 is 15.9 Å². The van der Waals surface area contributed by atoms with Crippen molar-refractivity contribution in [3.8, 4) is 0 Å². The van der Waals surface area contributed by atoms with E-state index < -0.39 is 11.6 Å². The molecule has 5 nitrogen and oxygen atoms in total. The van der Waals surface area contributed by atoms with Crippen molar-refractivity contribution in [3.05, 3.63) is 27.7 Å². The van der Waals surface area contributed by atoms with Crippen LogP contribution in [-0.4, -0.2) is 42.2 Å². The zero-order valence-corrected chi connectivity index (χ0v) is 12.2. The van der Waals surface area contributed by atoms with E-state index in [-0.39, 0.29) is 0 Å². The number of ether oxygens (including phenoxy) is 1. The summed E-state index contributed by atoms with van der Waals surface area (Å²) in [5.74, 6) is -0.393. The van der Waals surface area contributed by atoms with E-state index in [1.165, 1.54) is 0 Å². The molecule has 1 atom stereocenters. The van der Waals surface area contributed by atoms with E-state index >= 15 is 0 Å². The molecule has 0 radical (unpaired) electrons. The molecular weight excluding hydrogens is 312 g/mol. The number of morpholine rings is 1. The van der Waals surface area contributed by atoms with Gasteiger partial charge in [0.25, 0.3) is 5.91 Å². The van der Waals surface area contributed by atoms with Gasteiger partial charge in [-0.3, -0.25) is 9.69 Å². The maximum absolute atomic E-state index is 12.3. The van der Waals surface area contributed by atoms with Gasteiger partial charge in [0.05, 0.1) is 18.9 Å². The van der Waals surface area contributed by atoms with Gasteiger partial charge >= 0.3 is 0 Å². The molecule has 1 aromatic rings. The number of hydrogen-bond acceptors (Lipinski definition) is 4. The van der Waals surface area contributed by atoms with Gasteiger partial charge in [-0.25, -0.2) is 0 Å². The first-order valence-electron chi connectivity index (χ1n) is 6.20. The maximum atomic E-state index is 12.3. The summed E-state index contributed by atoms with van der Waals surface area (Å²) in [4.78, 5) is 14.0. The lowest BCUT2D eigenvalue weighted by atomic mass is 10.00. The first-order chi connectivity index (χ1) is 9.03. The quantitative estimate of drug-likeness (QED) is 0.813. The zero-order valence-electron chi connectivity index (χ0n) is 10.6. The molecule has 102 valence electrons. The lowest BCUT2D eigenvalue weighted by molar-refractivity contribution is -0.168. The molecule has 0 saturated carbocycles. The van der Waals surface area contributed by atoms with Crippen LogP contribution in [0, 0.1) is 6.92 Å². The van der Waals surface area contributed by atoms with E-state index in [0.717, 1.165) is 10.0 Å². The fourth-order valence-corrected chi connectivity index (χ4v) is 3.34. The second kappa shape index (κ2) is 4.56. The topological polar surface area (TPSA) is 61.8 Å². The van der Waals surface area contributed by atoms with Crippen LogP contribution < -0.4 is 5.32 Å². The smallest absolute Gasteiger partial charge is 0.277 e. The van der Waals surface area contributed by atoms with E-state index in [9.17, 15) is 9.90 Å². The highest BCUT2D eigenvalue weighted by Gasteiger charge is 2.51. The Morgan fingerprint density at radius 1 is 1.42 bits per heavy atom. The molecule has 1 fully saturated rings. The van der Waals surface area contributed by atoms with E-state index in [1.807, 2.05) is 19.1 Å². The molecule has 2 aliphatic rings. The summed E-state index contributed by atoms with van der Waals surface area (Å²) >= 11 is 3.43. The van der Waals surface area contributed by atoms with Crippen LogP contribution in [0.1, 0.15) is 11.1 Å². The number of rotatable bonds is 1. The molecule has 0 bridgehead atoms. The molecule has 0 aliphatic carbocycles. The lowest BCUT2D eigenvalue weighted by Gasteiger charge is -2.37. The normalized spacial score (nSPS) is 27.2. The number of hydrogen-bond donors (Lipinski definition) is 2. The Bertz CT molecular complexity index is 543. The minimum atomic E-state index is -1.59. The molecule has 0 aromatic heterocycles. The van der Waals surface area contributed by atoms with Crippen LogP contribution in [0.3, 0.4) is 0 Å². The number of nitrogens with zero attached hydrogens (tertiary/aromatic N) is 1. The minimum Gasteiger partial charge on any atom is -0.379 e. The number of nitrogens with one attached hydrogen (secondary N) is 1. The summed E-state index contributed by atoms with van der Waals surface area (Å²) in [5.41, 5.74) is 0.679. The van der Waals surface area contributed by atoms with Crippen LogP contribution in [0.2, 0.25) is 0 Å². The molecule has 2 N–H and O–H groups in total. The number of aryl methyl sites for hydroxylation is 1. The van der Waals surface area contributed by atoms with Gasteiger partial charge in [-0.1, -0.05) is 0 Å². The molecule has 19 heavy (non-hydrogen) atoms. The van der Waals surface area contributed by atoms with Gasteiger partial charge in [0.1, 0.15) is 0 Å². The van der Waals surface area contributed by atoms with E-state index in [0.29, 0.717) is 37.6 Å². The average molecular weight is 327 g/mol.